The minimum atomic E-state index is 0.682. The molecule has 0 nitrogen and oxygen atoms in total. The van der Waals surface area contributed by atoms with Crippen LogP contribution in [-0.2, 0) is 12.8 Å². The lowest BCUT2D eigenvalue weighted by Crippen LogP contribution is -2.39. The minimum absolute atomic E-state index is 0.682. The number of fused-ring (bicyclic) bond motifs is 5. The van der Waals surface area contributed by atoms with Gasteiger partial charge in [-0.3, -0.25) is 0 Å². The topological polar surface area (TPSA) is 0 Å². The van der Waals surface area contributed by atoms with Gasteiger partial charge in [-0.2, -0.15) is 0 Å². The smallest absolute Gasteiger partial charge is 0.0100 e. The zero-order chi connectivity index (χ0) is 14.4. The molecule has 4 unspecified atom stereocenters. The molecule has 4 rings (SSSR count). The van der Waals surface area contributed by atoms with Crippen molar-refractivity contribution in [3.63, 3.8) is 0 Å². The molecule has 3 aliphatic carbocycles. The van der Waals surface area contributed by atoms with E-state index in [0.717, 1.165) is 24.2 Å². The molecule has 21 heavy (non-hydrogen) atoms. The third kappa shape index (κ3) is 2.10. The van der Waals surface area contributed by atoms with Crippen molar-refractivity contribution >= 4 is 0 Å². The monoisotopic (exact) mass is 280 g/mol. The van der Waals surface area contributed by atoms with Crippen molar-refractivity contribution in [1.82, 2.24) is 0 Å². The third-order valence-electron chi connectivity index (χ3n) is 6.95. The van der Waals surface area contributed by atoms with Crippen LogP contribution in [0.25, 0.3) is 0 Å². The summed E-state index contributed by atoms with van der Waals surface area (Å²) in [7, 11) is 0. The van der Waals surface area contributed by atoms with E-state index >= 15 is 0 Å². The van der Waals surface area contributed by atoms with Crippen LogP contribution in [0.15, 0.2) is 30.9 Å². The summed E-state index contributed by atoms with van der Waals surface area (Å²) in [6, 6.07) is 7.28. The second kappa shape index (κ2) is 5.00. The fraction of sp³-hybridized carbons (Fsp3) is 0.619. The average Bonchev–Trinajstić information content (AvgIpc) is 2.89. The second-order valence-electron chi connectivity index (χ2n) is 8.03. The summed E-state index contributed by atoms with van der Waals surface area (Å²) in [5.41, 5.74) is 5.48. The lowest BCUT2D eigenvalue weighted by molar-refractivity contribution is 0.0598. The van der Waals surface area contributed by atoms with Gasteiger partial charge in [-0.15, -0.1) is 6.58 Å². The van der Waals surface area contributed by atoms with Gasteiger partial charge in [0.25, 0.3) is 0 Å². The highest BCUT2D eigenvalue weighted by molar-refractivity contribution is 5.38. The molecule has 112 valence electrons. The molecule has 0 heterocycles. The summed E-state index contributed by atoms with van der Waals surface area (Å²) < 4.78 is 0. The van der Waals surface area contributed by atoms with Crippen molar-refractivity contribution in [3.8, 4) is 0 Å². The van der Waals surface area contributed by atoms with Crippen molar-refractivity contribution in [3.05, 3.63) is 47.5 Å². The first-order valence-corrected chi connectivity index (χ1v) is 8.94. The Bertz CT molecular complexity index is 555. The zero-order valence-corrected chi connectivity index (χ0v) is 13.4. The Labute approximate surface area is 129 Å². The van der Waals surface area contributed by atoms with Gasteiger partial charge in [-0.1, -0.05) is 37.6 Å². The molecular formula is C21H28. The first kappa shape index (κ1) is 13.6. The Morgan fingerprint density at radius 3 is 3.00 bits per heavy atom. The first-order chi connectivity index (χ1) is 10.2. The quantitative estimate of drug-likeness (QED) is 0.613. The number of allylic oxidation sites excluding steroid dienone is 1. The van der Waals surface area contributed by atoms with Gasteiger partial charge >= 0.3 is 0 Å². The van der Waals surface area contributed by atoms with E-state index in [0.29, 0.717) is 5.41 Å². The van der Waals surface area contributed by atoms with Gasteiger partial charge < -0.3 is 0 Å². The molecule has 0 aliphatic heterocycles. The van der Waals surface area contributed by atoms with E-state index in [1.165, 1.54) is 50.5 Å². The predicted molar refractivity (Wildman–Crippen MR) is 89.6 cm³/mol. The molecule has 0 aromatic heterocycles. The van der Waals surface area contributed by atoms with Crippen molar-refractivity contribution in [2.24, 2.45) is 17.3 Å². The molecule has 0 radical (unpaired) electrons. The molecule has 0 bridgehead atoms. The average molecular weight is 280 g/mol. The second-order valence-corrected chi connectivity index (χ2v) is 8.03. The van der Waals surface area contributed by atoms with Crippen molar-refractivity contribution in [2.45, 2.75) is 64.2 Å². The van der Waals surface area contributed by atoms with Crippen LogP contribution in [0.4, 0.5) is 0 Å². The Hall–Kier alpha value is -1.04. The maximum atomic E-state index is 3.88. The molecule has 4 atom stereocenters. The summed E-state index contributed by atoms with van der Waals surface area (Å²) in [5, 5.41) is 0. The lowest BCUT2D eigenvalue weighted by atomic mass is 9.56. The largest absolute Gasteiger partial charge is 0.103 e. The molecule has 0 heteroatoms. The van der Waals surface area contributed by atoms with E-state index in [1.54, 1.807) is 11.1 Å². The number of aryl methyl sites for hydroxylation is 1. The van der Waals surface area contributed by atoms with Crippen LogP contribution in [0.5, 0.6) is 0 Å². The van der Waals surface area contributed by atoms with Crippen LogP contribution < -0.4 is 0 Å². The molecule has 1 aromatic rings. The van der Waals surface area contributed by atoms with Crippen LogP contribution in [0, 0.1) is 17.3 Å². The van der Waals surface area contributed by atoms with Gasteiger partial charge in [-0.25, -0.2) is 0 Å². The van der Waals surface area contributed by atoms with Crippen LogP contribution >= 0.6 is 0 Å². The summed E-state index contributed by atoms with van der Waals surface area (Å²) in [6.45, 7) is 6.46. The van der Waals surface area contributed by atoms with E-state index in [9.17, 15) is 0 Å². The summed E-state index contributed by atoms with van der Waals surface area (Å²) in [6.07, 6.45) is 13.2. The fourth-order valence-electron chi connectivity index (χ4n) is 5.92. The Morgan fingerprint density at radius 2 is 2.14 bits per heavy atom. The van der Waals surface area contributed by atoms with Crippen LogP contribution in [0.2, 0.25) is 0 Å². The van der Waals surface area contributed by atoms with E-state index in [1.807, 2.05) is 6.08 Å². The highest BCUT2D eigenvalue weighted by atomic mass is 14.5. The summed E-state index contributed by atoms with van der Waals surface area (Å²) in [5.74, 6) is 2.85. The molecule has 1 aromatic carbocycles. The standard InChI is InChI=1S/C21H28/c1-3-5-15-7-9-17-16(14-15)8-10-19-18(17)11-13-21(2)12-4-6-20(19)21/h3,7,9,14,18-20H,1,4-6,8,10-13H2,2H3. The van der Waals surface area contributed by atoms with E-state index in [4.69, 9.17) is 0 Å². The zero-order valence-electron chi connectivity index (χ0n) is 13.4. The van der Waals surface area contributed by atoms with Gasteiger partial charge in [0.1, 0.15) is 0 Å². The van der Waals surface area contributed by atoms with E-state index in [-0.39, 0.29) is 0 Å². The van der Waals surface area contributed by atoms with Crippen molar-refractivity contribution in [1.29, 1.82) is 0 Å². The first-order valence-electron chi connectivity index (χ1n) is 8.94. The van der Waals surface area contributed by atoms with Crippen molar-refractivity contribution < 1.29 is 0 Å². The van der Waals surface area contributed by atoms with Gasteiger partial charge in [0.2, 0.25) is 0 Å². The minimum Gasteiger partial charge on any atom is -0.103 e. The Kier molecular flexibility index (Phi) is 3.24. The van der Waals surface area contributed by atoms with Gasteiger partial charge in [-0.05, 0) is 84.8 Å². The van der Waals surface area contributed by atoms with E-state index < -0.39 is 0 Å². The van der Waals surface area contributed by atoms with Crippen molar-refractivity contribution in [2.75, 3.05) is 0 Å². The normalized spacial score (nSPS) is 37.5. The summed E-state index contributed by atoms with van der Waals surface area (Å²) in [4.78, 5) is 0. The molecule has 0 N–H and O–H groups in total. The highest BCUT2D eigenvalue weighted by Gasteiger charge is 2.50. The highest BCUT2D eigenvalue weighted by Crippen LogP contribution is 2.60. The molecule has 0 saturated heterocycles. The predicted octanol–water partition coefficient (Wildman–Crippen LogP) is 5.66. The van der Waals surface area contributed by atoms with Gasteiger partial charge in [0, 0.05) is 0 Å². The van der Waals surface area contributed by atoms with Crippen LogP contribution in [-0.4, -0.2) is 0 Å². The maximum absolute atomic E-state index is 3.88. The summed E-state index contributed by atoms with van der Waals surface area (Å²) >= 11 is 0. The SMILES string of the molecule is C=CCc1ccc2c(c1)CCC1C2CCC2(C)CCCC12. The lowest BCUT2D eigenvalue weighted by Gasteiger charge is -2.49. The van der Waals surface area contributed by atoms with E-state index in [2.05, 4.69) is 31.7 Å². The number of benzene rings is 1. The third-order valence-corrected chi connectivity index (χ3v) is 6.95. The van der Waals surface area contributed by atoms with Gasteiger partial charge in [0.05, 0.1) is 0 Å². The van der Waals surface area contributed by atoms with Gasteiger partial charge in [0.15, 0.2) is 0 Å². The fourth-order valence-corrected chi connectivity index (χ4v) is 5.92. The molecule has 2 saturated carbocycles. The number of hydrogen-bond acceptors (Lipinski definition) is 0. The maximum Gasteiger partial charge on any atom is -0.0100 e. The molecule has 3 aliphatic rings. The molecule has 0 amide bonds. The number of hydrogen-bond donors (Lipinski definition) is 0. The van der Waals surface area contributed by atoms with Crippen LogP contribution in [0.1, 0.15) is 68.1 Å². The van der Waals surface area contributed by atoms with Crippen LogP contribution in [0.3, 0.4) is 0 Å². The Balaban J connectivity index is 1.66. The molecule has 2 fully saturated rings. The molecular weight excluding hydrogens is 252 g/mol. The Morgan fingerprint density at radius 1 is 1.24 bits per heavy atom. The number of rotatable bonds is 2. The molecule has 0 spiro atoms.